The van der Waals surface area contributed by atoms with Gasteiger partial charge >= 0.3 is 0 Å². The van der Waals surface area contributed by atoms with Crippen molar-refractivity contribution in [2.45, 2.75) is 45.2 Å². The minimum absolute atomic E-state index is 0.438. The molecule has 19 heavy (non-hydrogen) atoms. The summed E-state index contributed by atoms with van der Waals surface area (Å²) in [6, 6.07) is 5.07. The lowest BCUT2D eigenvalue weighted by Crippen LogP contribution is -2.34. The average molecular weight is 276 g/mol. The van der Waals surface area contributed by atoms with E-state index in [2.05, 4.69) is 42.8 Å². The van der Waals surface area contributed by atoms with Crippen molar-refractivity contribution in [2.75, 3.05) is 13.6 Å². The molecule has 0 aliphatic heterocycles. The summed E-state index contributed by atoms with van der Waals surface area (Å²) in [5.41, 5.74) is 5.40. The van der Waals surface area contributed by atoms with Crippen molar-refractivity contribution in [3.63, 3.8) is 0 Å². The van der Waals surface area contributed by atoms with Gasteiger partial charge in [0.2, 0.25) is 0 Å². The van der Waals surface area contributed by atoms with Crippen LogP contribution in [-0.2, 0) is 6.54 Å². The molecule has 1 heterocycles. The maximum absolute atomic E-state index is 5.40. The molecule has 0 amide bonds. The van der Waals surface area contributed by atoms with Crippen LogP contribution >= 0.6 is 11.3 Å². The van der Waals surface area contributed by atoms with E-state index in [9.17, 15) is 0 Å². The lowest BCUT2D eigenvalue weighted by atomic mass is 9.86. The van der Waals surface area contributed by atoms with Crippen molar-refractivity contribution < 1.29 is 0 Å². The first-order valence-electron chi connectivity index (χ1n) is 7.17. The number of thiophene rings is 1. The number of hydrogen-bond donors (Lipinski definition) is 1. The van der Waals surface area contributed by atoms with E-state index >= 15 is 0 Å². The Bertz CT molecular complexity index is 455. The smallest absolute Gasteiger partial charge is 0.0772 e. The van der Waals surface area contributed by atoms with Crippen molar-refractivity contribution in [1.82, 2.24) is 4.90 Å². The fourth-order valence-electron chi connectivity index (χ4n) is 2.85. The third-order valence-corrected chi connectivity index (χ3v) is 4.90. The molecule has 1 aliphatic carbocycles. The van der Waals surface area contributed by atoms with Crippen LogP contribution in [0.1, 0.15) is 42.4 Å². The molecule has 2 rings (SSSR count). The van der Waals surface area contributed by atoms with E-state index in [-0.39, 0.29) is 0 Å². The van der Waals surface area contributed by atoms with Crippen molar-refractivity contribution in [1.29, 1.82) is 0 Å². The van der Waals surface area contributed by atoms with Gasteiger partial charge in [-0.15, -0.1) is 11.3 Å². The quantitative estimate of drug-likeness (QED) is 0.860. The molecule has 1 aromatic heterocycles. The first kappa shape index (κ1) is 14.6. The summed E-state index contributed by atoms with van der Waals surface area (Å²) in [5.74, 6) is 6.91. The van der Waals surface area contributed by atoms with Crippen molar-refractivity contribution in [3.05, 3.63) is 21.9 Å². The van der Waals surface area contributed by atoms with E-state index in [4.69, 9.17) is 5.73 Å². The molecule has 0 saturated heterocycles. The Kier molecular flexibility index (Phi) is 5.45. The zero-order chi connectivity index (χ0) is 13.7. The minimum atomic E-state index is 0.438. The summed E-state index contributed by atoms with van der Waals surface area (Å²) >= 11 is 1.80. The highest BCUT2D eigenvalue weighted by Crippen LogP contribution is 2.28. The van der Waals surface area contributed by atoms with Crippen LogP contribution in [0, 0.1) is 17.8 Å². The van der Waals surface area contributed by atoms with E-state index < -0.39 is 0 Å². The third-order valence-electron chi connectivity index (χ3n) is 3.91. The van der Waals surface area contributed by atoms with Crippen LogP contribution < -0.4 is 5.73 Å². The lowest BCUT2D eigenvalue weighted by Gasteiger charge is -2.33. The molecule has 0 radical (unpaired) electrons. The van der Waals surface area contributed by atoms with E-state index in [0.717, 1.165) is 23.4 Å². The molecule has 1 saturated carbocycles. The molecule has 0 bridgehead atoms. The van der Waals surface area contributed by atoms with Crippen molar-refractivity contribution >= 4 is 11.3 Å². The fraction of sp³-hybridized carbons (Fsp3) is 0.625. The Morgan fingerprint density at radius 3 is 3.00 bits per heavy atom. The lowest BCUT2D eigenvalue weighted by molar-refractivity contribution is 0.159. The number of hydrogen-bond acceptors (Lipinski definition) is 3. The maximum Gasteiger partial charge on any atom is 0.0772 e. The van der Waals surface area contributed by atoms with E-state index in [0.29, 0.717) is 6.54 Å². The standard InChI is InChI=1S/C16H24N2S/c1-13-5-3-6-14(11-13)18(2)12-16-9-8-15(19-16)7-4-10-17/h8-9,13-14H,3,5-6,10-12,17H2,1-2H3. The Morgan fingerprint density at radius 1 is 1.42 bits per heavy atom. The molecule has 1 aromatic rings. The topological polar surface area (TPSA) is 29.3 Å². The largest absolute Gasteiger partial charge is 0.320 e. The van der Waals surface area contributed by atoms with E-state index in [1.807, 2.05) is 0 Å². The van der Waals surface area contributed by atoms with Crippen LogP contribution in [0.5, 0.6) is 0 Å². The van der Waals surface area contributed by atoms with E-state index in [1.165, 1.54) is 30.6 Å². The van der Waals surface area contributed by atoms with Crippen molar-refractivity contribution in [2.24, 2.45) is 11.7 Å². The fourth-order valence-corrected chi connectivity index (χ4v) is 3.79. The predicted octanol–water partition coefficient (Wildman–Crippen LogP) is 3.07. The first-order chi connectivity index (χ1) is 9.19. The van der Waals surface area contributed by atoms with Gasteiger partial charge in [-0.2, -0.15) is 0 Å². The molecular weight excluding hydrogens is 252 g/mol. The number of nitrogens with two attached hydrogens (primary N) is 1. The molecule has 1 fully saturated rings. The maximum atomic E-state index is 5.40. The molecule has 2 nitrogen and oxygen atoms in total. The van der Waals surface area contributed by atoms with Gasteiger partial charge in [0.15, 0.2) is 0 Å². The number of nitrogens with zero attached hydrogens (tertiary/aromatic N) is 1. The van der Waals surface area contributed by atoms with Gasteiger partial charge in [0, 0.05) is 17.5 Å². The minimum Gasteiger partial charge on any atom is -0.320 e. The second kappa shape index (κ2) is 7.09. The summed E-state index contributed by atoms with van der Waals surface area (Å²) in [6.45, 7) is 3.87. The summed E-state index contributed by atoms with van der Waals surface area (Å²) in [6.07, 6.45) is 5.49. The van der Waals surface area contributed by atoms with Crippen LogP contribution in [0.4, 0.5) is 0 Å². The highest BCUT2D eigenvalue weighted by molar-refractivity contribution is 7.12. The molecule has 2 unspecified atom stereocenters. The van der Waals surface area contributed by atoms with Gasteiger partial charge in [-0.05, 0) is 37.9 Å². The molecule has 0 aromatic carbocycles. The zero-order valence-corrected chi connectivity index (χ0v) is 12.8. The molecule has 2 N–H and O–H groups in total. The highest BCUT2D eigenvalue weighted by Gasteiger charge is 2.22. The van der Waals surface area contributed by atoms with Gasteiger partial charge in [0.1, 0.15) is 0 Å². The van der Waals surface area contributed by atoms with Gasteiger partial charge in [-0.1, -0.05) is 31.6 Å². The predicted molar refractivity (Wildman–Crippen MR) is 83.1 cm³/mol. The third kappa shape index (κ3) is 4.35. The van der Waals surface area contributed by atoms with Crippen LogP contribution in [0.2, 0.25) is 0 Å². The summed E-state index contributed by atoms with van der Waals surface area (Å²) < 4.78 is 0. The number of rotatable bonds is 3. The van der Waals surface area contributed by atoms with Crippen LogP contribution in [0.25, 0.3) is 0 Å². The Morgan fingerprint density at radius 2 is 2.26 bits per heavy atom. The molecule has 3 heteroatoms. The highest BCUT2D eigenvalue weighted by atomic mass is 32.1. The first-order valence-corrected chi connectivity index (χ1v) is 7.98. The Balaban J connectivity index is 1.91. The Labute approximate surface area is 121 Å². The Hall–Kier alpha value is -0.820. The van der Waals surface area contributed by atoms with Gasteiger partial charge < -0.3 is 5.73 Å². The normalized spacial score (nSPS) is 23.2. The van der Waals surface area contributed by atoms with Crippen LogP contribution in [-0.4, -0.2) is 24.5 Å². The molecule has 0 spiro atoms. The second-order valence-electron chi connectivity index (χ2n) is 5.61. The van der Waals surface area contributed by atoms with Crippen LogP contribution in [0.3, 0.4) is 0 Å². The molecular formula is C16H24N2S. The summed E-state index contributed by atoms with van der Waals surface area (Å²) in [4.78, 5) is 5.05. The summed E-state index contributed by atoms with van der Waals surface area (Å²) in [7, 11) is 2.26. The van der Waals surface area contributed by atoms with Crippen LogP contribution in [0.15, 0.2) is 12.1 Å². The molecule has 2 atom stereocenters. The average Bonchev–Trinajstić information content (AvgIpc) is 2.84. The monoisotopic (exact) mass is 276 g/mol. The van der Waals surface area contributed by atoms with Gasteiger partial charge in [-0.3, -0.25) is 4.90 Å². The van der Waals surface area contributed by atoms with Gasteiger partial charge in [-0.25, -0.2) is 0 Å². The van der Waals surface area contributed by atoms with E-state index in [1.54, 1.807) is 11.3 Å². The molecule has 1 aliphatic rings. The zero-order valence-electron chi connectivity index (χ0n) is 12.0. The van der Waals surface area contributed by atoms with Crippen molar-refractivity contribution in [3.8, 4) is 11.8 Å². The SMILES string of the molecule is CC1CCCC(N(C)Cc2ccc(C#CCN)s2)C1. The molecule has 104 valence electrons. The second-order valence-corrected chi connectivity index (χ2v) is 6.78. The van der Waals surface area contributed by atoms with Gasteiger partial charge in [0.25, 0.3) is 0 Å². The summed E-state index contributed by atoms with van der Waals surface area (Å²) in [5, 5.41) is 0. The van der Waals surface area contributed by atoms with Gasteiger partial charge in [0.05, 0.1) is 11.4 Å².